The minimum atomic E-state index is -0.681. The first-order valence-electron chi connectivity index (χ1n) is 9.21. The second-order valence-corrected chi connectivity index (χ2v) is 6.92. The Morgan fingerprint density at radius 1 is 1.11 bits per heavy atom. The fourth-order valence-electron chi connectivity index (χ4n) is 3.16. The highest BCUT2D eigenvalue weighted by Gasteiger charge is 2.20. The summed E-state index contributed by atoms with van der Waals surface area (Å²) in [4.78, 5) is 24.7. The number of esters is 1. The average Bonchev–Trinajstić information content (AvgIpc) is 3.02. The van der Waals surface area contributed by atoms with Gasteiger partial charge in [-0.25, -0.2) is 4.79 Å². The number of rotatable bonds is 6. The smallest absolute Gasteiger partial charge is 0.375 e. The molecule has 0 saturated carbocycles. The summed E-state index contributed by atoms with van der Waals surface area (Å²) in [5.74, 6) is -0.992. The molecule has 28 heavy (non-hydrogen) atoms. The Hall–Kier alpha value is -2.79. The SMILES string of the molecule is CCc1cccc(CC)c1NC(=O)COC(=O)c1oc2ccc(Cl)cc2c1C. The van der Waals surface area contributed by atoms with Gasteiger partial charge >= 0.3 is 5.97 Å². The highest BCUT2D eigenvalue weighted by Crippen LogP contribution is 2.28. The lowest BCUT2D eigenvalue weighted by Crippen LogP contribution is -2.22. The molecule has 1 aromatic heterocycles. The van der Waals surface area contributed by atoms with Crippen LogP contribution in [0.25, 0.3) is 11.0 Å². The molecule has 0 unspecified atom stereocenters. The fraction of sp³-hybridized carbons (Fsp3) is 0.273. The van der Waals surface area contributed by atoms with E-state index in [2.05, 4.69) is 5.32 Å². The van der Waals surface area contributed by atoms with Gasteiger partial charge in [0.15, 0.2) is 6.61 Å². The van der Waals surface area contributed by atoms with Crippen molar-refractivity contribution in [2.24, 2.45) is 0 Å². The number of para-hydroxylation sites is 1. The number of fused-ring (bicyclic) bond motifs is 1. The van der Waals surface area contributed by atoms with Crippen molar-refractivity contribution >= 4 is 40.1 Å². The fourth-order valence-corrected chi connectivity index (χ4v) is 3.34. The van der Waals surface area contributed by atoms with E-state index in [1.807, 2.05) is 32.0 Å². The van der Waals surface area contributed by atoms with Crippen molar-refractivity contribution in [3.05, 3.63) is 63.9 Å². The number of carbonyl (C=O) groups excluding carboxylic acids is 2. The summed E-state index contributed by atoms with van der Waals surface area (Å²) in [7, 11) is 0. The first kappa shape index (κ1) is 20.0. The summed E-state index contributed by atoms with van der Waals surface area (Å²) in [5.41, 5.74) is 4.06. The molecular weight excluding hydrogens is 378 g/mol. The summed E-state index contributed by atoms with van der Waals surface area (Å²) in [6, 6.07) is 11.0. The Bertz CT molecular complexity index is 1020. The van der Waals surface area contributed by atoms with Crippen molar-refractivity contribution in [1.29, 1.82) is 0 Å². The van der Waals surface area contributed by atoms with Gasteiger partial charge in [-0.2, -0.15) is 0 Å². The highest BCUT2D eigenvalue weighted by molar-refractivity contribution is 6.31. The van der Waals surface area contributed by atoms with Crippen molar-refractivity contribution < 1.29 is 18.7 Å². The zero-order valence-electron chi connectivity index (χ0n) is 16.1. The van der Waals surface area contributed by atoms with E-state index >= 15 is 0 Å². The quantitative estimate of drug-likeness (QED) is 0.570. The molecule has 0 fully saturated rings. The molecule has 3 rings (SSSR count). The summed E-state index contributed by atoms with van der Waals surface area (Å²) in [5, 5.41) is 4.17. The molecule has 0 spiro atoms. The predicted molar refractivity (Wildman–Crippen MR) is 110 cm³/mol. The van der Waals surface area contributed by atoms with Crippen LogP contribution < -0.4 is 5.32 Å². The number of hydrogen-bond donors (Lipinski definition) is 1. The molecule has 6 heteroatoms. The number of nitrogens with one attached hydrogen (secondary N) is 1. The first-order valence-corrected chi connectivity index (χ1v) is 9.58. The lowest BCUT2D eigenvalue weighted by molar-refractivity contribution is -0.119. The highest BCUT2D eigenvalue weighted by atomic mass is 35.5. The van der Waals surface area contributed by atoms with E-state index in [0.29, 0.717) is 16.2 Å². The lowest BCUT2D eigenvalue weighted by Gasteiger charge is -2.14. The molecule has 2 aromatic carbocycles. The van der Waals surface area contributed by atoms with Gasteiger partial charge < -0.3 is 14.5 Å². The monoisotopic (exact) mass is 399 g/mol. The Labute approximate surface area is 168 Å². The van der Waals surface area contributed by atoms with E-state index < -0.39 is 12.6 Å². The van der Waals surface area contributed by atoms with Crippen LogP contribution in [-0.4, -0.2) is 18.5 Å². The zero-order valence-corrected chi connectivity index (χ0v) is 16.9. The molecule has 0 aliphatic rings. The summed E-state index contributed by atoms with van der Waals surface area (Å²) in [6.07, 6.45) is 1.59. The maximum atomic E-state index is 12.4. The van der Waals surface area contributed by atoms with Crippen molar-refractivity contribution in [2.45, 2.75) is 33.6 Å². The van der Waals surface area contributed by atoms with Crippen LogP contribution in [0.1, 0.15) is 41.1 Å². The summed E-state index contributed by atoms with van der Waals surface area (Å²) >= 11 is 6.00. The summed E-state index contributed by atoms with van der Waals surface area (Å²) < 4.78 is 10.7. The molecule has 1 amide bonds. The van der Waals surface area contributed by atoms with Crippen LogP contribution in [0.3, 0.4) is 0 Å². The Morgan fingerprint density at radius 3 is 2.43 bits per heavy atom. The predicted octanol–water partition coefficient (Wildman–Crippen LogP) is 5.31. The number of anilines is 1. The minimum absolute atomic E-state index is 0.0771. The third kappa shape index (κ3) is 4.04. The third-order valence-electron chi connectivity index (χ3n) is 4.68. The van der Waals surface area contributed by atoms with Crippen LogP contribution in [0, 0.1) is 6.92 Å². The molecule has 0 aliphatic carbocycles. The van der Waals surface area contributed by atoms with Crippen LogP contribution in [0.15, 0.2) is 40.8 Å². The number of benzene rings is 2. The lowest BCUT2D eigenvalue weighted by atomic mass is 10.0. The Kier molecular flexibility index (Phi) is 6.05. The zero-order chi connectivity index (χ0) is 20.3. The van der Waals surface area contributed by atoms with Gasteiger partial charge in [0.05, 0.1) is 0 Å². The second-order valence-electron chi connectivity index (χ2n) is 6.48. The largest absolute Gasteiger partial charge is 0.450 e. The molecule has 0 bridgehead atoms. The van der Waals surface area contributed by atoms with E-state index in [-0.39, 0.29) is 11.7 Å². The molecule has 0 saturated heterocycles. The number of halogens is 1. The van der Waals surface area contributed by atoms with Crippen molar-refractivity contribution in [3.8, 4) is 0 Å². The number of furan rings is 1. The van der Waals surface area contributed by atoms with Crippen LogP contribution in [0.5, 0.6) is 0 Å². The van der Waals surface area contributed by atoms with Crippen LogP contribution >= 0.6 is 11.6 Å². The number of ether oxygens (including phenoxy) is 1. The van der Waals surface area contributed by atoms with Gasteiger partial charge in [0, 0.05) is 21.7 Å². The Balaban J connectivity index is 1.70. The van der Waals surface area contributed by atoms with E-state index in [9.17, 15) is 9.59 Å². The molecular formula is C22H22ClNO4. The average molecular weight is 400 g/mol. The topological polar surface area (TPSA) is 68.5 Å². The van der Waals surface area contributed by atoms with E-state index in [0.717, 1.165) is 35.0 Å². The van der Waals surface area contributed by atoms with Crippen LogP contribution in [0.4, 0.5) is 5.69 Å². The summed E-state index contributed by atoms with van der Waals surface area (Å²) in [6.45, 7) is 5.42. The van der Waals surface area contributed by atoms with Gasteiger partial charge in [-0.1, -0.05) is 43.6 Å². The maximum Gasteiger partial charge on any atom is 0.375 e. The number of amides is 1. The first-order chi connectivity index (χ1) is 13.4. The molecule has 146 valence electrons. The van der Waals surface area contributed by atoms with Gasteiger partial charge in [-0.3, -0.25) is 4.79 Å². The number of carbonyl (C=O) groups is 2. The standard InChI is InChI=1S/C22H22ClNO4/c1-4-14-7-6-8-15(5-2)20(14)24-19(25)12-27-22(26)21-13(3)17-11-16(23)9-10-18(17)28-21/h6-11H,4-5,12H2,1-3H3,(H,24,25). The molecule has 0 atom stereocenters. The molecule has 1 heterocycles. The Morgan fingerprint density at radius 2 is 1.79 bits per heavy atom. The van der Waals surface area contributed by atoms with E-state index in [1.54, 1.807) is 25.1 Å². The minimum Gasteiger partial charge on any atom is -0.450 e. The van der Waals surface area contributed by atoms with Crippen molar-refractivity contribution in [3.63, 3.8) is 0 Å². The third-order valence-corrected chi connectivity index (χ3v) is 4.92. The van der Waals surface area contributed by atoms with Crippen LogP contribution in [0.2, 0.25) is 5.02 Å². The number of aryl methyl sites for hydroxylation is 3. The molecule has 1 N–H and O–H groups in total. The molecule has 0 aliphatic heterocycles. The second kappa shape index (κ2) is 8.48. The van der Waals surface area contributed by atoms with Gasteiger partial charge in [0.1, 0.15) is 5.58 Å². The van der Waals surface area contributed by atoms with E-state index in [4.69, 9.17) is 20.8 Å². The van der Waals surface area contributed by atoms with Gasteiger partial charge in [-0.05, 0) is 49.1 Å². The molecule has 0 radical (unpaired) electrons. The van der Waals surface area contributed by atoms with Crippen LogP contribution in [-0.2, 0) is 22.4 Å². The van der Waals surface area contributed by atoms with Crippen molar-refractivity contribution in [2.75, 3.05) is 11.9 Å². The van der Waals surface area contributed by atoms with Crippen molar-refractivity contribution in [1.82, 2.24) is 0 Å². The van der Waals surface area contributed by atoms with E-state index in [1.165, 1.54) is 0 Å². The normalized spacial score (nSPS) is 10.9. The van der Waals surface area contributed by atoms with Gasteiger partial charge in [-0.15, -0.1) is 0 Å². The van der Waals surface area contributed by atoms with Gasteiger partial charge in [0.2, 0.25) is 5.76 Å². The molecule has 5 nitrogen and oxygen atoms in total. The maximum absolute atomic E-state index is 12.4. The van der Waals surface area contributed by atoms with Gasteiger partial charge in [0.25, 0.3) is 5.91 Å². The molecule has 3 aromatic rings. The number of hydrogen-bond acceptors (Lipinski definition) is 4.